The van der Waals surface area contributed by atoms with Crippen molar-refractivity contribution < 1.29 is 19.4 Å². The zero-order valence-electron chi connectivity index (χ0n) is 14.4. The van der Waals surface area contributed by atoms with Gasteiger partial charge in [0.15, 0.2) is 11.4 Å². The largest absolute Gasteiger partial charge is 0.505 e. The van der Waals surface area contributed by atoms with Gasteiger partial charge in [-0.2, -0.15) is 0 Å². The third-order valence-electron chi connectivity index (χ3n) is 3.91. The van der Waals surface area contributed by atoms with E-state index in [0.717, 1.165) is 29.0 Å². The Balaban J connectivity index is 1.99. The average molecular weight is 392 g/mol. The van der Waals surface area contributed by atoms with Crippen LogP contribution in [0, 0.1) is 0 Å². The van der Waals surface area contributed by atoms with Crippen molar-refractivity contribution in [1.29, 1.82) is 0 Å². The van der Waals surface area contributed by atoms with Crippen molar-refractivity contribution in [1.82, 2.24) is 4.98 Å². The summed E-state index contributed by atoms with van der Waals surface area (Å²) in [7, 11) is 1.61. The fraction of sp³-hybridized carbons (Fsp3) is 0.263. The molecule has 7 heteroatoms. The van der Waals surface area contributed by atoms with E-state index in [1.54, 1.807) is 13.2 Å². The third-order valence-corrected chi connectivity index (χ3v) is 5.48. The van der Waals surface area contributed by atoms with Gasteiger partial charge in [-0.1, -0.05) is 24.9 Å². The minimum Gasteiger partial charge on any atom is -0.505 e. The number of unbranched alkanes of at least 4 members (excludes halogenated alkanes) is 1. The highest BCUT2D eigenvalue weighted by molar-refractivity contribution is 7.22. The van der Waals surface area contributed by atoms with Gasteiger partial charge in [0.1, 0.15) is 10.9 Å². The summed E-state index contributed by atoms with van der Waals surface area (Å²) in [5.74, 6) is -0.117. The van der Waals surface area contributed by atoms with Crippen LogP contribution in [0.4, 0.5) is 0 Å². The van der Waals surface area contributed by atoms with Crippen LogP contribution in [0.1, 0.15) is 30.3 Å². The van der Waals surface area contributed by atoms with E-state index >= 15 is 0 Å². The van der Waals surface area contributed by atoms with Crippen molar-refractivity contribution in [3.63, 3.8) is 0 Å². The highest BCUT2D eigenvalue weighted by Gasteiger charge is 2.22. The first-order valence-corrected chi connectivity index (χ1v) is 9.38. The first-order chi connectivity index (χ1) is 12.5. The quantitative estimate of drug-likeness (QED) is 0.351. The summed E-state index contributed by atoms with van der Waals surface area (Å²) in [5.41, 5.74) is 0.798. The van der Waals surface area contributed by atoms with Crippen LogP contribution in [-0.4, -0.2) is 29.8 Å². The third kappa shape index (κ3) is 3.61. The zero-order valence-corrected chi connectivity index (χ0v) is 16.0. The minimum atomic E-state index is -0.669. The van der Waals surface area contributed by atoms with Gasteiger partial charge in [-0.3, -0.25) is 0 Å². The van der Waals surface area contributed by atoms with Gasteiger partial charge < -0.3 is 14.6 Å². The number of carbonyl (C=O) groups excluding carboxylic acids is 1. The van der Waals surface area contributed by atoms with Crippen LogP contribution in [0.2, 0.25) is 5.15 Å². The number of aromatic nitrogens is 1. The smallest absolute Gasteiger partial charge is 0.360 e. The number of pyridine rings is 1. The summed E-state index contributed by atoms with van der Waals surface area (Å²) in [5, 5.41) is 11.2. The Morgan fingerprint density at radius 3 is 2.69 bits per heavy atom. The number of hydrogen-bond donors (Lipinski definition) is 1. The second-order valence-electron chi connectivity index (χ2n) is 5.67. The fourth-order valence-electron chi connectivity index (χ4n) is 2.47. The van der Waals surface area contributed by atoms with E-state index in [1.165, 1.54) is 11.3 Å². The fourth-order valence-corrected chi connectivity index (χ4v) is 3.82. The van der Waals surface area contributed by atoms with Crippen molar-refractivity contribution in [3.8, 4) is 21.9 Å². The molecule has 2 aromatic heterocycles. The molecule has 0 bridgehead atoms. The Hall–Kier alpha value is -2.31. The van der Waals surface area contributed by atoms with E-state index in [0.29, 0.717) is 10.1 Å². The molecule has 0 saturated heterocycles. The molecule has 0 aliphatic heterocycles. The molecule has 136 valence electrons. The van der Waals surface area contributed by atoms with Crippen LogP contribution in [0.25, 0.3) is 20.5 Å². The van der Waals surface area contributed by atoms with Crippen LogP contribution in [0.5, 0.6) is 11.5 Å². The summed E-state index contributed by atoms with van der Waals surface area (Å²) in [6, 6.07) is 9.35. The lowest BCUT2D eigenvalue weighted by atomic mass is 10.1. The number of hydrogen-bond acceptors (Lipinski definition) is 6. The number of benzene rings is 1. The van der Waals surface area contributed by atoms with Crippen LogP contribution < -0.4 is 4.74 Å². The maximum absolute atomic E-state index is 12.2. The SMILES string of the molecule is CCCCOC(=O)c1nc(Cl)c2sc(-c3ccc(OC)cc3)cc2c1O. The molecule has 5 nitrogen and oxygen atoms in total. The first-order valence-electron chi connectivity index (χ1n) is 8.18. The van der Waals surface area contributed by atoms with E-state index in [2.05, 4.69) is 4.98 Å². The lowest BCUT2D eigenvalue weighted by molar-refractivity contribution is 0.0489. The Morgan fingerprint density at radius 2 is 2.04 bits per heavy atom. The van der Waals surface area contributed by atoms with Gasteiger partial charge in [0.25, 0.3) is 0 Å². The van der Waals surface area contributed by atoms with E-state index in [1.807, 2.05) is 31.2 Å². The minimum absolute atomic E-state index is 0.155. The van der Waals surface area contributed by atoms with E-state index < -0.39 is 5.97 Å². The van der Waals surface area contributed by atoms with Crippen molar-refractivity contribution in [3.05, 3.63) is 41.2 Å². The van der Waals surface area contributed by atoms with Crippen molar-refractivity contribution in [2.45, 2.75) is 19.8 Å². The normalized spacial score (nSPS) is 10.9. The summed E-state index contributed by atoms with van der Waals surface area (Å²) in [4.78, 5) is 17.1. The number of thiophene rings is 1. The van der Waals surface area contributed by atoms with Gasteiger partial charge in [0, 0.05) is 10.3 Å². The standard InChI is InChI=1S/C19H18ClNO4S/c1-3-4-9-25-19(23)15-16(22)13-10-14(26-17(13)18(20)21-15)11-5-7-12(24-2)8-6-11/h5-8,10,22H,3-4,9H2,1-2H3. The lowest BCUT2D eigenvalue weighted by Gasteiger charge is -2.06. The summed E-state index contributed by atoms with van der Waals surface area (Å²) in [6.45, 7) is 2.28. The summed E-state index contributed by atoms with van der Waals surface area (Å²) in [6.07, 6.45) is 1.66. The van der Waals surface area contributed by atoms with Crippen molar-refractivity contribution in [2.24, 2.45) is 0 Å². The van der Waals surface area contributed by atoms with Crippen molar-refractivity contribution >= 4 is 39.0 Å². The number of rotatable bonds is 6. The maximum Gasteiger partial charge on any atom is 0.360 e. The molecule has 0 aliphatic carbocycles. The van der Waals surface area contributed by atoms with Crippen LogP contribution in [-0.2, 0) is 4.74 Å². The molecular formula is C19H18ClNO4S. The molecule has 0 aliphatic rings. The second kappa shape index (κ2) is 7.93. The molecule has 26 heavy (non-hydrogen) atoms. The van der Waals surface area contributed by atoms with Gasteiger partial charge in [-0.25, -0.2) is 9.78 Å². The number of fused-ring (bicyclic) bond motifs is 1. The summed E-state index contributed by atoms with van der Waals surface area (Å²) >= 11 is 7.65. The molecule has 2 heterocycles. The van der Waals surface area contributed by atoms with Gasteiger partial charge in [0.05, 0.1) is 18.4 Å². The molecule has 0 amide bonds. The Kier molecular flexibility index (Phi) is 5.64. The lowest BCUT2D eigenvalue weighted by Crippen LogP contribution is -2.09. The zero-order chi connectivity index (χ0) is 18.7. The van der Waals surface area contributed by atoms with Gasteiger partial charge in [-0.05, 0) is 42.3 Å². The maximum atomic E-state index is 12.2. The van der Waals surface area contributed by atoms with Gasteiger partial charge in [-0.15, -0.1) is 11.3 Å². The van der Waals surface area contributed by atoms with E-state index in [9.17, 15) is 9.90 Å². The number of methoxy groups -OCH3 is 1. The number of ether oxygens (including phenoxy) is 2. The predicted molar refractivity (Wildman–Crippen MR) is 103 cm³/mol. The molecule has 0 unspecified atom stereocenters. The Morgan fingerprint density at radius 1 is 1.31 bits per heavy atom. The number of halogens is 1. The monoisotopic (exact) mass is 391 g/mol. The van der Waals surface area contributed by atoms with Gasteiger partial charge >= 0.3 is 5.97 Å². The topological polar surface area (TPSA) is 68.7 Å². The molecule has 0 spiro atoms. The highest BCUT2D eigenvalue weighted by atomic mass is 35.5. The molecule has 0 fully saturated rings. The van der Waals surface area contributed by atoms with E-state index in [-0.39, 0.29) is 23.2 Å². The number of esters is 1. The molecule has 0 radical (unpaired) electrons. The van der Waals surface area contributed by atoms with Crippen LogP contribution in [0.15, 0.2) is 30.3 Å². The number of carbonyl (C=O) groups is 1. The van der Waals surface area contributed by atoms with Crippen molar-refractivity contribution in [2.75, 3.05) is 13.7 Å². The number of aromatic hydroxyl groups is 1. The van der Waals surface area contributed by atoms with Crippen LogP contribution >= 0.6 is 22.9 Å². The Bertz CT molecular complexity index is 937. The molecule has 0 saturated carbocycles. The van der Waals surface area contributed by atoms with E-state index in [4.69, 9.17) is 21.1 Å². The molecule has 1 N–H and O–H groups in total. The molecule has 3 aromatic rings. The molecule has 0 atom stereocenters. The second-order valence-corrected chi connectivity index (χ2v) is 7.08. The highest BCUT2D eigenvalue weighted by Crippen LogP contribution is 2.42. The molecular weight excluding hydrogens is 374 g/mol. The molecule has 1 aromatic carbocycles. The Labute approximate surface area is 160 Å². The van der Waals surface area contributed by atoms with Crippen LogP contribution in [0.3, 0.4) is 0 Å². The number of nitrogens with zero attached hydrogens (tertiary/aromatic N) is 1. The van der Waals surface area contributed by atoms with Gasteiger partial charge in [0.2, 0.25) is 0 Å². The predicted octanol–water partition coefficient (Wildman–Crippen LogP) is 5.29. The summed E-state index contributed by atoms with van der Waals surface area (Å²) < 4.78 is 10.9. The average Bonchev–Trinajstić information content (AvgIpc) is 3.11. The molecule has 3 rings (SSSR count). The first kappa shape index (κ1) is 18.5.